The van der Waals surface area contributed by atoms with Gasteiger partial charge in [0.15, 0.2) is 0 Å². The standard InChI is InChI=1S/C15H23NO2/c1-4-12-5-7-13(8-6-12)16-9-10-18-14(11-16)15(2,3)17/h5-8,14,17H,4,9-11H2,1-3H3. The van der Waals surface area contributed by atoms with Crippen molar-refractivity contribution < 1.29 is 9.84 Å². The zero-order valence-corrected chi connectivity index (χ0v) is 11.5. The molecule has 1 aliphatic rings. The number of morpholine rings is 1. The SMILES string of the molecule is CCc1ccc(N2CCOC(C(C)(C)O)C2)cc1. The highest BCUT2D eigenvalue weighted by Gasteiger charge is 2.32. The van der Waals surface area contributed by atoms with Crippen molar-refractivity contribution in [2.75, 3.05) is 24.6 Å². The Morgan fingerprint density at radius 3 is 2.56 bits per heavy atom. The van der Waals surface area contributed by atoms with Gasteiger partial charge in [-0.05, 0) is 38.0 Å². The monoisotopic (exact) mass is 249 g/mol. The van der Waals surface area contributed by atoms with Gasteiger partial charge in [0.2, 0.25) is 0 Å². The molecule has 0 amide bonds. The number of aliphatic hydroxyl groups is 1. The topological polar surface area (TPSA) is 32.7 Å². The van der Waals surface area contributed by atoms with Crippen molar-refractivity contribution in [1.82, 2.24) is 0 Å². The molecule has 100 valence electrons. The first-order chi connectivity index (χ1) is 8.50. The Kier molecular flexibility index (Phi) is 3.93. The summed E-state index contributed by atoms with van der Waals surface area (Å²) in [6.07, 6.45) is 0.937. The summed E-state index contributed by atoms with van der Waals surface area (Å²) in [5.74, 6) is 0. The summed E-state index contributed by atoms with van der Waals surface area (Å²) in [6.45, 7) is 8.08. The number of rotatable bonds is 3. The van der Waals surface area contributed by atoms with Gasteiger partial charge in [0.05, 0.1) is 12.2 Å². The smallest absolute Gasteiger partial charge is 0.103 e. The van der Waals surface area contributed by atoms with Crippen LogP contribution in [0.25, 0.3) is 0 Å². The summed E-state index contributed by atoms with van der Waals surface area (Å²) < 4.78 is 5.65. The minimum Gasteiger partial charge on any atom is -0.388 e. The lowest BCUT2D eigenvalue weighted by Gasteiger charge is -2.39. The second-order valence-electron chi connectivity index (χ2n) is 5.48. The Morgan fingerprint density at radius 2 is 2.00 bits per heavy atom. The van der Waals surface area contributed by atoms with E-state index in [1.54, 1.807) is 13.8 Å². The van der Waals surface area contributed by atoms with Gasteiger partial charge in [-0.1, -0.05) is 19.1 Å². The van der Waals surface area contributed by atoms with E-state index in [1.807, 2.05) is 0 Å². The highest BCUT2D eigenvalue weighted by molar-refractivity contribution is 5.48. The molecule has 1 aromatic carbocycles. The molecule has 2 rings (SSSR count). The van der Waals surface area contributed by atoms with Gasteiger partial charge in [0.25, 0.3) is 0 Å². The molecule has 18 heavy (non-hydrogen) atoms. The van der Waals surface area contributed by atoms with Crippen molar-refractivity contribution in [1.29, 1.82) is 0 Å². The van der Waals surface area contributed by atoms with Crippen molar-refractivity contribution in [2.45, 2.75) is 38.9 Å². The van der Waals surface area contributed by atoms with Crippen LogP contribution >= 0.6 is 0 Å². The average Bonchev–Trinajstić information content (AvgIpc) is 2.38. The minimum absolute atomic E-state index is 0.128. The number of benzene rings is 1. The highest BCUT2D eigenvalue weighted by atomic mass is 16.5. The molecule has 1 heterocycles. The van der Waals surface area contributed by atoms with Crippen LogP contribution in [-0.4, -0.2) is 36.5 Å². The fraction of sp³-hybridized carbons (Fsp3) is 0.600. The molecule has 3 heteroatoms. The summed E-state index contributed by atoms with van der Waals surface area (Å²) in [6, 6.07) is 8.66. The average molecular weight is 249 g/mol. The van der Waals surface area contributed by atoms with Crippen LogP contribution in [0.4, 0.5) is 5.69 Å². The zero-order valence-electron chi connectivity index (χ0n) is 11.5. The molecule has 0 radical (unpaired) electrons. The molecule has 1 saturated heterocycles. The summed E-state index contributed by atoms with van der Waals surface area (Å²) in [5.41, 5.74) is 1.78. The van der Waals surface area contributed by atoms with Gasteiger partial charge in [-0.15, -0.1) is 0 Å². The molecule has 0 bridgehead atoms. The number of nitrogens with zero attached hydrogens (tertiary/aromatic N) is 1. The maximum absolute atomic E-state index is 10.0. The fourth-order valence-electron chi connectivity index (χ4n) is 2.25. The van der Waals surface area contributed by atoms with Crippen LogP contribution in [0.2, 0.25) is 0 Å². The van der Waals surface area contributed by atoms with E-state index in [0.29, 0.717) is 6.61 Å². The summed E-state index contributed by atoms with van der Waals surface area (Å²) in [5, 5.41) is 10.0. The predicted octanol–water partition coefficient (Wildman–Crippen LogP) is 2.23. The Bertz CT molecular complexity index is 380. The van der Waals surface area contributed by atoms with E-state index >= 15 is 0 Å². The third-order valence-corrected chi connectivity index (χ3v) is 3.56. The number of aryl methyl sites for hydroxylation is 1. The van der Waals surface area contributed by atoms with Crippen LogP contribution < -0.4 is 4.90 Å². The predicted molar refractivity (Wildman–Crippen MR) is 74.1 cm³/mol. The molecule has 3 nitrogen and oxygen atoms in total. The van der Waals surface area contributed by atoms with Gasteiger partial charge >= 0.3 is 0 Å². The third kappa shape index (κ3) is 3.03. The Labute approximate surface area is 109 Å². The van der Waals surface area contributed by atoms with Crippen molar-refractivity contribution in [3.63, 3.8) is 0 Å². The second kappa shape index (κ2) is 5.29. The molecule has 0 spiro atoms. The van der Waals surface area contributed by atoms with E-state index < -0.39 is 5.60 Å². The minimum atomic E-state index is -0.790. The Balaban J connectivity index is 2.08. The van der Waals surface area contributed by atoms with Crippen molar-refractivity contribution >= 4 is 5.69 Å². The first-order valence-electron chi connectivity index (χ1n) is 6.68. The van der Waals surface area contributed by atoms with Gasteiger partial charge in [-0.25, -0.2) is 0 Å². The number of hydrogen-bond donors (Lipinski definition) is 1. The number of anilines is 1. The maximum Gasteiger partial charge on any atom is 0.103 e. The van der Waals surface area contributed by atoms with Gasteiger partial charge in [-0.2, -0.15) is 0 Å². The highest BCUT2D eigenvalue weighted by Crippen LogP contribution is 2.23. The van der Waals surface area contributed by atoms with Gasteiger partial charge in [0, 0.05) is 18.8 Å². The molecular formula is C15H23NO2. The van der Waals surface area contributed by atoms with E-state index in [1.165, 1.54) is 11.3 Å². The summed E-state index contributed by atoms with van der Waals surface area (Å²) in [4.78, 5) is 2.28. The molecule has 0 aromatic heterocycles. The first-order valence-corrected chi connectivity index (χ1v) is 6.68. The summed E-state index contributed by atoms with van der Waals surface area (Å²) in [7, 11) is 0. The van der Waals surface area contributed by atoms with Crippen LogP contribution in [0, 0.1) is 0 Å². The van der Waals surface area contributed by atoms with Crippen molar-refractivity contribution in [3.8, 4) is 0 Å². The van der Waals surface area contributed by atoms with Gasteiger partial charge in [-0.3, -0.25) is 0 Å². The van der Waals surface area contributed by atoms with Crippen LogP contribution in [0.5, 0.6) is 0 Å². The lowest BCUT2D eigenvalue weighted by molar-refractivity contribution is -0.0927. The molecule has 1 aromatic rings. The fourth-order valence-corrected chi connectivity index (χ4v) is 2.25. The van der Waals surface area contributed by atoms with Crippen molar-refractivity contribution in [3.05, 3.63) is 29.8 Å². The van der Waals surface area contributed by atoms with Crippen LogP contribution in [0.1, 0.15) is 26.3 Å². The Hall–Kier alpha value is -1.06. The molecule has 1 unspecified atom stereocenters. The van der Waals surface area contributed by atoms with Crippen LogP contribution in [0.15, 0.2) is 24.3 Å². The van der Waals surface area contributed by atoms with Crippen molar-refractivity contribution in [2.24, 2.45) is 0 Å². The lowest BCUT2D eigenvalue weighted by atomic mass is 10.00. The van der Waals surface area contributed by atoms with Crippen LogP contribution in [0.3, 0.4) is 0 Å². The molecule has 1 aliphatic heterocycles. The van der Waals surface area contributed by atoms with E-state index in [4.69, 9.17) is 4.74 Å². The molecule has 0 saturated carbocycles. The molecule has 1 N–H and O–H groups in total. The van der Waals surface area contributed by atoms with Gasteiger partial charge < -0.3 is 14.7 Å². The lowest BCUT2D eigenvalue weighted by Crippen LogP contribution is -2.52. The number of hydrogen-bond acceptors (Lipinski definition) is 3. The number of ether oxygens (including phenoxy) is 1. The quantitative estimate of drug-likeness (QED) is 0.891. The molecule has 0 aliphatic carbocycles. The first kappa shape index (κ1) is 13.4. The zero-order chi connectivity index (χ0) is 13.2. The van der Waals surface area contributed by atoms with Crippen LogP contribution in [-0.2, 0) is 11.2 Å². The second-order valence-corrected chi connectivity index (χ2v) is 5.48. The summed E-state index contributed by atoms with van der Waals surface area (Å²) >= 11 is 0. The van der Waals surface area contributed by atoms with E-state index in [-0.39, 0.29) is 6.10 Å². The van der Waals surface area contributed by atoms with Gasteiger partial charge in [0.1, 0.15) is 6.10 Å². The largest absolute Gasteiger partial charge is 0.388 e. The molecule has 1 atom stereocenters. The van der Waals surface area contributed by atoms with E-state index in [2.05, 4.69) is 36.1 Å². The third-order valence-electron chi connectivity index (χ3n) is 3.56. The maximum atomic E-state index is 10.0. The normalized spacial score (nSPS) is 21.1. The molecular weight excluding hydrogens is 226 g/mol. The molecule has 1 fully saturated rings. The van der Waals surface area contributed by atoms with E-state index in [0.717, 1.165) is 19.5 Å². The van der Waals surface area contributed by atoms with E-state index in [9.17, 15) is 5.11 Å². The Morgan fingerprint density at radius 1 is 1.33 bits per heavy atom.